The summed E-state index contributed by atoms with van der Waals surface area (Å²) >= 11 is 1.24. The molecule has 0 aromatic heterocycles. The molecule has 0 bridgehead atoms. The van der Waals surface area contributed by atoms with Gasteiger partial charge in [0.1, 0.15) is 0 Å². The lowest BCUT2D eigenvalue weighted by Crippen LogP contribution is -2.08. The monoisotopic (exact) mass is 202 g/mol. The highest BCUT2D eigenvalue weighted by Gasteiger charge is 2.01. The summed E-state index contributed by atoms with van der Waals surface area (Å²) in [5.74, 6) is 0.326. The van der Waals surface area contributed by atoms with Crippen molar-refractivity contribution in [2.75, 3.05) is 12.4 Å². The molecular weight excluding hydrogens is 188 g/mol. The van der Waals surface area contributed by atoms with Gasteiger partial charge in [0.05, 0.1) is 6.61 Å². The number of rotatable bonds is 5. The summed E-state index contributed by atoms with van der Waals surface area (Å²) in [7, 11) is 0. The summed E-state index contributed by atoms with van der Waals surface area (Å²) in [5, 5.41) is 6.99. The molecule has 0 aromatic rings. The van der Waals surface area contributed by atoms with Gasteiger partial charge in [-0.1, -0.05) is 18.3 Å². The smallest absolute Gasteiger partial charge is 0.333 e. The van der Waals surface area contributed by atoms with Crippen LogP contribution in [0.3, 0.4) is 0 Å². The van der Waals surface area contributed by atoms with Gasteiger partial charge in [0.25, 0.3) is 0 Å². The fourth-order valence-corrected chi connectivity index (χ4v) is 1.01. The van der Waals surface area contributed by atoms with Crippen LogP contribution in [0.1, 0.15) is 13.3 Å². The van der Waals surface area contributed by atoms with E-state index in [1.165, 1.54) is 11.8 Å². The molecule has 74 valence electrons. The maximum Gasteiger partial charge on any atom is 0.333 e. The van der Waals surface area contributed by atoms with Crippen molar-refractivity contribution in [2.45, 2.75) is 13.3 Å². The molecule has 0 fully saturated rings. The van der Waals surface area contributed by atoms with Crippen LogP contribution in [0.25, 0.3) is 0 Å². The normalized spacial score (nSPS) is 9.31. The summed E-state index contributed by atoms with van der Waals surface area (Å²) in [6.07, 6.45) is 0.698. The summed E-state index contributed by atoms with van der Waals surface area (Å²) in [6, 6.07) is 0. The van der Waals surface area contributed by atoms with Crippen LogP contribution in [0.4, 0.5) is 0 Å². The molecule has 0 aliphatic carbocycles. The number of nitrogens with two attached hydrogens (primary N) is 1. The van der Waals surface area contributed by atoms with Crippen molar-refractivity contribution in [3.05, 3.63) is 12.2 Å². The van der Waals surface area contributed by atoms with Gasteiger partial charge in [-0.2, -0.15) is 0 Å². The fraction of sp³-hybridized carbons (Fsp3) is 0.500. The zero-order valence-electron chi connectivity index (χ0n) is 7.63. The number of ether oxygens (including phenoxy) is 1. The molecule has 13 heavy (non-hydrogen) atoms. The van der Waals surface area contributed by atoms with Crippen molar-refractivity contribution in [1.29, 1.82) is 5.41 Å². The van der Waals surface area contributed by atoms with Crippen molar-refractivity contribution in [1.82, 2.24) is 0 Å². The second-order valence-electron chi connectivity index (χ2n) is 2.48. The quantitative estimate of drug-likeness (QED) is 0.230. The van der Waals surface area contributed by atoms with Crippen molar-refractivity contribution in [2.24, 2.45) is 5.73 Å². The van der Waals surface area contributed by atoms with E-state index in [1.54, 1.807) is 6.92 Å². The molecular formula is C8H14N2O2S. The van der Waals surface area contributed by atoms with E-state index in [-0.39, 0.29) is 11.1 Å². The zero-order valence-corrected chi connectivity index (χ0v) is 8.45. The summed E-state index contributed by atoms with van der Waals surface area (Å²) in [5.41, 5.74) is 5.51. The molecule has 0 rings (SSSR count). The second kappa shape index (κ2) is 6.54. The van der Waals surface area contributed by atoms with E-state index in [1.807, 2.05) is 0 Å². The van der Waals surface area contributed by atoms with Gasteiger partial charge in [-0.15, -0.1) is 0 Å². The van der Waals surface area contributed by atoms with Gasteiger partial charge >= 0.3 is 5.97 Å². The van der Waals surface area contributed by atoms with Crippen LogP contribution in [0.15, 0.2) is 12.2 Å². The Morgan fingerprint density at radius 3 is 2.77 bits per heavy atom. The lowest BCUT2D eigenvalue weighted by molar-refractivity contribution is -0.138. The Labute approximate surface area is 82.0 Å². The van der Waals surface area contributed by atoms with Gasteiger partial charge in [-0.3, -0.25) is 5.41 Å². The Kier molecular flexibility index (Phi) is 6.05. The predicted molar refractivity (Wildman–Crippen MR) is 54.8 cm³/mol. The maximum absolute atomic E-state index is 10.8. The standard InChI is InChI=1S/C8H14N2O2S/c1-6(2)7(11)12-4-3-5-13-8(9)10/h1,3-5H2,2H3,(H3,9,10). The molecule has 0 saturated heterocycles. The largest absolute Gasteiger partial charge is 0.462 e. The summed E-state index contributed by atoms with van der Waals surface area (Å²) < 4.78 is 4.82. The Morgan fingerprint density at radius 2 is 2.31 bits per heavy atom. The zero-order chi connectivity index (χ0) is 10.3. The average molecular weight is 202 g/mol. The summed E-state index contributed by atoms with van der Waals surface area (Å²) in [6.45, 7) is 5.41. The molecule has 0 aliphatic rings. The lowest BCUT2D eigenvalue weighted by atomic mass is 10.4. The van der Waals surface area contributed by atoms with Crippen LogP contribution in [0.2, 0.25) is 0 Å². The highest BCUT2D eigenvalue weighted by Crippen LogP contribution is 2.01. The maximum atomic E-state index is 10.8. The SMILES string of the molecule is C=C(C)C(=O)OCCCSC(=N)N. The van der Waals surface area contributed by atoms with E-state index >= 15 is 0 Å². The molecule has 3 N–H and O–H groups in total. The number of carbonyl (C=O) groups excluding carboxylic acids is 1. The third-order valence-corrected chi connectivity index (χ3v) is 1.93. The Morgan fingerprint density at radius 1 is 1.69 bits per heavy atom. The molecule has 0 spiro atoms. The fourth-order valence-electron chi connectivity index (χ4n) is 0.529. The number of thioether (sulfide) groups is 1. The van der Waals surface area contributed by atoms with Crippen molar-refractivity contribution in [3.63, 3.8) is 0 Å². The first-order valence-electron chi connectivity index (χ1n) is 3.83. The molecule has 0 saturated carbocycles. The van der Waals surface area contributed by atoms with Crippen LogP contribution in [-0.2, 0) is 9.53 Å². The summed E-state index contributed by atoms with van der Waals surface area (Å²) in [4.78, 5) is 10.8. The van der Waals surface area contributed by atoms with Crippen LogP contribution >= 0.6 is 11.8 Å². The van der Waals surface area contributed by atoms with E-state index in [4.69, 9.17) is 15.9 Å². The van der Waals surface area contributed by atoms with Gasteiger partial charge in [-0.05, 0) is 13.3 Å². The van der Waals surface area contributed by atoms with E-state index in [0.717, 1.165) is 0 Å². The highest BCUT2D eigenvalue weighted by molar-refractivity contribution is 8.13. The minimum absolute atomic E-state index is 0.0891. The van der Waals surface area contributed by atoms with Gasteiger partial charge in [0, 0.05) is 11.3 Å². The van der Waals surface area contributed by atoms with Crippen LogP contribution in [0, 0.1) is 5.41 Å². The van der Waals surface area contributed by atoms with Crippen LogP contribution < -0.4 is 5.73 Å². The first-order chi connectivity index (χ1) is 6.04. The molecule has 5 heteroatoms. The minimum atomic E-state index is -0.368. The third-order valence-electron chi connectivity index (χ3n) is 1.13. The number of carbonyl (C=O) groups is 1. The molecule has 0 heterocycles. The Balaban J connectivity index is 3.31. The second-order valence-corrected chi connectivity index (χ2v) is 3.62. The molecule has 0 aromatic carbocycles. The molecule has 4 nitrogen and oxygen atoms in total. The average Bonchev–Trinajstić information content (AvgIpc) is 2.02. The molecule has 0 radical (unpaired) electrons. The third kappa shape index (κ3) is 7.39. The molecule has 0 atom stereocenters. The topological polar surface area (TPSA) is 76.2 Å². The van der Waals surface area contributed by atoms with Crippen molar-refractivity contribution in [3.8, 4) is 0 Å². The lowest BCUT2D eigenvalue weighted by Gasteiger charge is -2.02. The number of amidine groups is 1. The van der Waals surface area contributed by atoms with Gasteiger partial charge < -0.3 is 10.5 Å². The van der Waals surface area contributed by atoms with E-state index in [9.17, 15) is 4.79 Å². The highest BCUT2D eigenvalue weighted by atomic mass is 32.2. The number of hydrogen-bond donors (Lipinski definition) is 2. The van der Waals surface area contributed by atoms with E-state index in [0.29, 0.717) is 24.4 Å². The van der Waals surface area contributed by atoms with Gasteiger partial charge in [0.2, 0.25) is 0 Å². The number of nitrogens with one attached hydrogen (secondary N) is 1. The Bertz CT molecular complexity index is 216. The minimum Gasteiger partial charge on any atom is -0.462 e. The van der Waals surface area contributed by atoms with Crippen LogP contribution in [0.5, 0.6) is 0 Å². The van der Waals surface area contributed by atoms with Gasteiger partial charge in [-0.25, -0.2) is 4.79 Å². The van der Waals surface area contributed by atoms with E-state index < -0.39 is 0 Å². The van der Waals surface area contributed by atoms with Crippen molar-refractivity contribution >= 4 is 22.9 Å². The molecule has 0 amide bonds. The first-order valence-corrected chi connectivity index (χ1v) is 4.82. The Hall–Kier alpha value is -0.970. The van der Waals surface area contributed by atoms with Gasteiger partial charge in [0.15, 0.2) is 5.17 Å². The number of esters is 1. The molecule has 0 aliphatic heterocycles. The number of hydrogen-bond acceptors (Lipinski definition) is 4. The van der Waals surface area contributed by atoms with Crippen molar-refractivity contribution < 1.29 is 9.53 Å². The molecule has 0 unspecified atom stereocenters. The predicted octanol–water partition coefficient (Wildman–Crippen LogP) is 1.12. The first kappa shape index (κ1) is 12.0. The van der Waals surface area contributed by atoms with Crippen LogP contribution in [-0.4, -0.2) is 23.5 Å². The van der Waals surface area contributed by atoms with E-state index in [2.05, 4.69) is 6.58 Å².